The van der Waals surface area contributed by atoms with E-state index in [4.69, 9.17) is 16.3 Å². The third-order valence-corrected chi connectivity index (χ3v) is 6.65. The lowest BCUT2D eigenvalue weighted by Gasteiger charge is -2.36. The van der Waals surface area contributed by atoms with E-state index in [1.807, 2.05) is 66.4 Å². The van der Waals surface area contributed by atoms with E-state index in [2.05, 4.69) is 10.4 Å². The van der Waals surface area contributed by atoms with Gasteiger partial charge in [0.2, 0.25) is 5.75 Å². The first-order chi connectivity index (χ1) is 18.5. The molecule has 0 radical (unpaired) electrons. The summed E-state index contributed by atoms with van der Waals surface area (Å²) in [4.78, 5) is 29.8. The molecule has 2 heterocycles. The van der Waals surface area contributed by atoms with Crippen LogP contribution in [0.3, 0.4) is 0 Å². The molecule has 5 rings (SSSR count). The molecular weight excluding hydrogens is 502 g/mol. The molecule has 1 saturated heterocycles. The molecule has 0 bridgehead atoms. The molecule has 0 unspecified atom stereocenters. The van der Waals surface area contributed by atoms with E-state index in [0.29, 0.717) is 54.9 Å². The number of carbonyl (C=O) groups is 1. The van der Waals surface area contributed by atoms with Crippen LogP contribution in [0.5, 0.6) is 11.5 Å². The summed E-state index contributed by atoms with van der Waals surface area (Å²) in [6, 6.07) is 24.5. The highest BCUT2D eigenvalue weighted by Gasteiger charge is 2.25. The summed E-state index contributed by atoms with van der Waals surface area (Å²) < 4.78 is 7.55. The second-order valence-corrected chi connectivity index (χ2v) is 9.29. The fraction of sp³-hybridized carbons (Fsp3) is 0.207. The van der Waals surface area contributed by atoms with Crippen LogP contribution in [0.1, 0.15) is 6.92 Å². The molecule has 4 aromatic rings. The van der Waals surface area contributed by atoms with Gasteiger partial charge in [-0.3, -0.25) is 4.79 Å². The Kier molecular flexibility index (Phi) is 7.60. The third kappa shape index (κ3) is 5.50. The zero-order valence-corrected chi connectivity index (χ0v) is 21.8. The van der Waals surface area contributed by atoms with Gasteiger partial charge in [-0.05, 0) is 54.4 Å². The highest BCUT2D eigenvalue weighted by molar-refractivity contribution is 6.30. The standard InChI is InChI=1S/C29H28ClN5O3/c1-2-31-29(37)34-18-16-33(17-19-34)26-20-32-35(24-12-10-23(30)11-13-24)28(36)27(26)38-25-14-8-22(9-15-25)21-6-4-3-5-7-21/h3-15,20H,2,16-19H2,1H3,(H,31,37). The number of ether oxygens (including phenoxy) is 1. The Balaban J connectivity index is 1.47. The predicted molar refractivity (Wildman–Crippen MR) is 150 cm³/mol. The highest BCUT2D eigenvalue weighted by atomic mass is 35.5. The summed E-state index contributed by atoms with van der Waals surface area (Å²) in [5.74, 6) is 0.715. The van der Waals surface area contributed by atoms with Gasteiger partial charge in [0.25, 0.3) is 0 Å². The molecule has 1 aliphatic heterocycles. The molecule has 1 N–H and O–H groups in total. The number of carbonyl (C=O) groups excluding carboxylic acids is 1. The lowest BCUT2D eigenvalue weighted by atomic mass is 10.1. The molecule has 1 aromatic heterocycles. The van der Waals surface area contributed by atoms with Gasteiger partial charge in [-0.1, -0.05) is 54.1 Å². The van der Waals surface area contributed by atoms with Crippen molar-refractivity contribution in [1.29, 1.82) is 0 Å². The smallest absolute Gasteiger partial charge is 0.317 e. The number of hydrogen-bond donors (Lipinski definition) is 1. The second-order valence-electron chi connectivity index (χ2n) is 8.85. The number of rotatable bonds is 6. The second kappa shape index (κ2) is 11.4. The normalized spacial score (nSPS) is 13.3. The minimum absolute atomic E-state index is 0.0848. The molecule has 0 spiro atoms. The molecule has 1 aliphatic rings. The maximum Gasteiger partial charge on any atom is 0.317 e. The van der Waals surface area contributed by atoms with E-state index in [9.17, 15) is 9.59 Å². The minimum Gasteiger partial charge on any atom is -0.449 e. The van der Waals surface area contributed by atoms with Gasteiger partial charge in [0, 0.05) is 37.7 Å². The van der Waals surface area contributed by atoms with Crippen LogP contribution >= 0.6 is 11.6 Å². The van der Waals surface area contributed by atoms with Gasteiger partial charge in [0.05, 0.1) is 11.9 Å². The first-order valence-corrected chi connectivity index (χ1v) is 12.9. The number of hydrogen-bond acceptors (Lipinski definition) is 5. The van der Waals surface area contributed by atoms with E-state index in [-0.39, 0.29) is 17.3 Å². The summed E-state index contributed by atoms with van der Waals surface area (Å²) in [7, 11) is 0. The maximum absolute atomic E-state index is 13.7. The fourth-order valence-electron chi connectivity index (χ4n) is 4.39. The molecule has 1 fully saturated rings. The summed E-state index contributed by atoms with van der Waals surface area (Å²) >= 11 is 6.04. The van der Waals surface area contributed by atoms with Crippen molar-refractivity contribution < 1.29 is 9.53 Å². The Morgan fingerprint density at radius 1 is 0.921 bits per heavy atom. The number of urea groups is 1. The van der Waals surface area contributed by atoms with Crippen molar-refractivity contribution in [2.24, 2.45) is 0 Å². The predicted octanol–water partition coefficient (Wildman–Crippen LogP) is 5.20. The van der Waals surface area contributed by atoms with Crippen LogP contribution in [0.15, 0.2) is 89.9 Å². The summed E-state index contributed by atoms with van der Waals surface area (Å²) in [5, 5.41) is 7.85. The minimum atomic E-state index is -0.386. The van der Waals surface area contributed by atoms with Crippen LogP contribution in [0.25, 0.3) is 16.8 Å². The molecule has 9 heteroatoms. The monoisotopic (exact) mass is 529 g/mol. The van der Waals surface area contributed by atoms with Crippen molar-refractivity contribution in [2.45, 2.75) is 6.92 Å². The van der Waals surface area contributed by atoms with Gasteiger partial charge in [-0.2, -0.15) is 9.78 Å². The number of piperazine rings is 1. The van der Waals surface area contributed by atoms with Crippen molar-refractivity contribution >= 4 is 23.3 Å². The lowest BCUT2D eigenvalue weighted by molar-refractivity contribution is 0.195. The van der Waals surface area contributed by atoms with E-state index in [0.717, 1.165) is 11.1 Å². The van der Waals surface area contributed by atoms with Crippen molar-refractivity contribution in [3.8, 4) is 28.3 Å². The third-order valence-electron chi connectivity index (χ3n) is 6.40. The van der Waals surface area contributed by atoms with Crippen LogP contribution in [0.4, 0.5) is 10.5 Å². The fourth-order valence-corrected chi connectivity index (χ4v) is 4.52. The average Bonchev–Trinajstić information content (AvgIpc) is 2.96. The van der Waals surface area contributed by atoms with E-state index in [1.54, 1.807) is 35.4 Å². The van der Waals surface area contributed by atoms with E-state index < -0.39 is 0 Å². The van der Waals surface area contributed by atoms with Crippen LogP contribution in [-0.4, -0.2) is 53.4 Å². The van der Waals surface area contributed by atoms with Crippen molar-refractivity contribution in [3.05, 3.63) is 100 Å². The molecular formula is C29H28ClN5O3. The summed E-state index contributed by atoms with van der Waals surface area (Å²) in [5.41, 5.74) is 2.92. The first kappa shape index (κ1) is 25.4. The zero-order chi connectivity index (χ0) is 26.5. The number of benzene rings is 3. The molecule has 3 aromatic carbocycles. The first-order valence-electron chi connectivity index (χ1n) is 12.5. The van der Waals surface area contributed by atoms with Gasteiger partial charge >= 0.3 is 11.6 Å². The van der Waals surface area contributed by atoms with Gasteiger partial charge in [-0.15, -0.1) is 0 Å². The van der Waals surface area contributed by atoms with Crippen molar-refractivity contribution in [3.63, 3.8) is 0 Å². The number of anilines is 1. The average molecular weight is 530 g/mol. The number of amides is 2. The Labute approximate surface area is 226 Å². The summed E-state index contributed by atoms with van der Waals surface area (Å²) in [6.07, 6.45) is 1.64. The molecule has 8 nitrogen and oxygen atoms in total. The number of nitrogens with one attached hydrogen (secondary N) is 1. The van der Waals surface area contributed by atoms with Crippen LogP contribution in [0.2, 0.25) is 5.02 Å². The van der Waals surface area contributed by atoms with Gasteiger partial charge in [0.1, 0.15) is 11.4 Å². The Bertz CT molecular complexity index is 1450. The quantitative estimate of drug-likeness (QED) is 0.371. The zero-order valence-electron chi connectivity index (χ0n) is 21.0. The van der Waals surface area contributed by atoms with Crippen LogP contribution in [0, 0.1) is 0 Å². The van der Waals surface area contributed by atoms with E-state index >= 15 is 0 Å². The topological polar surface area (TPSA) is 79.7 Å². The van der Waals surface area contributed by atoms with Crippen LogP contribution < -0.4 is 20.5 Å². The maximum atomic E-state index is 13.7. The van der Waals surface area contributed by atoms with E-state index in [1.165, 1.54) is 4.68 Å². The summed E-state index contributed by atoms with van der Waals surface area (Å²) in [6.45, 7) is 4.62. The number of halogens is 1. The lowest BCUT2D eigenvalue weighted by Crippen LogP contribution is -2.52. The number of aromatic nitrogens is 2. The molecule has 194 valence electrons. The van der Waals surface area contributed by atoms with Gasteiger partial charge < -0.3 is 19.9 Å². The highest BCUT2D eigenvalue weighted by Crippen LogP contribution is 2.31. The molecule has 0 saturated carbocycles. The Morgan fingerprint density at radius 3 is 2.24 bits per heavy atom. The van der Waals surface area contributed by atoms with Crippen molar-refractivity contribution in [1.82, 2.24) is 20.0 Å². The van der Waals surface area contributed by atoms with Gasteiger partial charge in [0.15, 0.2) is 0 Å². The van der Waals surface area contributed by atoms with Gasteiger partial charge in [-0.25, -0.2) is 4.79 Å². The Morgan fingerprint density at radius 2 is 1.58 bits per heavy atom. The molecule has 38 heavy (non-hydrogen) atoms. The SMILES string of the molecule is CCNC(=O)N1CCN(c2cnn(-c3ccc(Cl)cc3)c(=O)c2Oc2ccc(-c3ccccc3)cc2)CC1. The van der Waals surface area contributed by atoms with Crippen molar-refractivity contribution in [2.75, 3.05) is 37.6 Å². The molecule has 2 amide bonds. The Hall–Kier alpha value is -4.30. The largest absolute Gasteiger partial charge is 0.449 e. The molecule has 0 atom stereocenters. The number of nitrogens with zero attached hydrogens (tertiary/aromatic N) is 4. The molecule has 0 aliphatic carbocycles. The van der Waals surface area contributed by atoms with Crippen LogP contribution in [-0.2, 0) is 0 Å².